The molecule has 1 amide bonds. The Morgan fingerprint density at radius 3 is 3.00 bits per heavy atom. The van der Waals surface area contributed by atoms with Crippen molar-refractivity contribution in [3.8, 4) is 0 Å². The van der Waals surface area contributed by atoms with E-state index in [1.165, 1.54) is 0 Å². The first-order valence-corrected chi connectivity index (χ1v) is 4.73. The van der Waals surface area contributed by atoms with Gasteiger partial charge in [0, 0.05) is 0 Å². The van der Waals surface area contributed by atoms with E-state index in [2.05, 4.69) is 10.3 Å². The molecule has 0 aliphatic rings. The number of nitrogens with zero attached hydrogens (tertiary/aromatic N) is 1. The molecule has 0 saturated heterocycles. The van der Waals surface area contributed by atoms with Crippen LogP contribution in [-0.4, -0.2) is 52.3 Å². The van der Waals surface area contributed by atoms with Crippen LogP contribution in [0.3, 0.4) is 0 Å². The van der Waals surface area contributed by atoms with Crippen LogP contribution in [0.15, 0.2) is 4.99 Å². The molecule has 7 heteroatoms. The summed E-state index contributed by atoms with van der Waals surface area (Å²) in [4.78, 5) is 14.6. The van der Waals surface area contributed by atoms with Gasteiger partial charge in [0.1, 0.15) is 0 Å². The van der Waals surface area contributed by atoms with E-state index in [1.807, 2.05) is 6.92 Å². The maximum atomic E-state index is 10.9. The number of amides is 1. The molecule has 0 rings (SSSR count). The maximum absolute atomic E-state index is 10.9. The fourth-order valence-corrected chi connectivity index (χ4v) is 0.729. The fourth-order valence-electron chi connectivity index (χ4n) is 0.729. The predicted molar refractivity (Wildman–Crippen MR) is 55.6 cm³/mol. The van der Waals surface area contributed by atoms with Crippen molar-refractivity contribution in [3.05, 3.63) is 0 Å². The van der Waals surface area contributed by atoms with Gasteiger partial charge in [-0.25, -0.2) is 0 Å². The van der Waals surface area contributed by atoms with Crippen molar-refractivity contribution >= 4 is 19.4 Å². The summed E-state index contributed by atoms with van der Waals surface area (Å²) in [7, 11) is 0.584. The molecule has 0 atom stereocenters. The van der Waals surface area contributed by atoms with E-state index in [0.29, 0.717) is 33.5 Å². The first-order valence-electron chi connectivity index (χ1n) is 4.73. The number of hydrogen-bond acceptors (Lipinski definition) is 5. The van der Waals surface area contributed by atoms with Gasteiger partial charge in [-0.2, -0.15) is 0 Å². The van der Waals surface area contributed by atoms with Gasteiger partial charge in [-0.1, -0.05) is 0 Å². The van der Waals surface area contributed by atoms with Crippen molar-refractivity contribution in [1.82, 2.24) is 5.32 Å². The molecule has 84 valence electrons. The molecule has 0 aromatic heterocycles. The van der Waals surface area contributed by atoms with Gasteiger partial charge in [-0.05, 0) is 0 Å². The zero-order valence-electron chi connectivity index (χ0n) is 8.77. The molecule has 0 unspecified atom stereocenters. The Balaban J connectivity index is 3.25. The third-order valence-electron chi connectivity index (χ3n) is 1.34. The Kier molecular flexibility index (Phi) is 9.95. The molecule has 0 bridgehead atoms. The Morgan fingerprint density at radius 2 is 2.33 bits per heavy atom. The normalized spacial score (nSPS) is 9.93. The average molecular weight is 214 g/mol. The zero-order valence-corrected chi connectivity index (χ0v) is 8.77. The van der Waals surface area contributed by atoms with E-state index in [-0.39, 0.29) is 6.61 Å². The summed E-state index contributed by atoms with van der Waals surface area (Å²) in [5, 5.41) is 2.47. The fraction of sp³-hybridized carbons (Fsp3) is 0.750. The van der Waals surface area contributed by atoms with Gasteiger partial charge >= 0.3 is 88.5 Å². The number of aliphatic imine (C=N–C) groups is 1. The Hall–Kier alpha value is -1.24. The summed E-state index contributed by atoms with van der Waals surface area (Å²) in [5.41, 5.74) is 0. The van der Waals surface area contributed by atoms with Crippen molar-refractivity contribution in [2.45, 2.75) is 6.92 Å². The van der Waals surface area contributed by atoms with Gasteiger partial charge in [0.25, 0.3) is 0 Å². The number of alkyl carbamates (subject to hydrolysis) is 1. The molecule has 0 aromatic rings. The molecule has 0 aliphatic heterocycles. The quantitative estimate of drug-likeness (QED) is 0.345. The summed E-state index contributed by atoms with van der Waals surface area (Å²) in [6, 6.07) is 0. The molecular weight excluding hydrogens is 199 g/mol. The van der Waals surface area contributed by atoms with Crippen LogP contribution in [0.25, 0.3) is 0 Å². The van der Waals surface area contributed by atoms with Crippen LogP contribution in [0, 0.1) is 0 Å². The van der Waals surface area contributed by atoms with Crippen LogP contribution in [0.4, 0.5) is 4.79 Å². The third kappa shape index (κ3) is 10.7. The molecule has 15 heavy (non-hydrogen) atoms. The van der Waals surface area contributed by atoms with Crippen LogP contribution in [0.2, 0.25) is 0 Å². The Morgan fingerprint density at radius 1 is 1.53 bits per heavy atom. The van der Waals surface area contributed by atoms with Crippen LogP contribution in [0.1, 0.15) is 6.92 Å². The monoisotopic (exact) mass is 214 g/mol. The Bertz CT molecular complexity index is 211. The molecule has 6 nitrogen and oxygen atoms in total. The topological polar surface area (TPSA) is 77.0 Å². The van der Waals surface area contributed by atoms with Gasteiger partial charge in [0.05, 0.1) is 0 Å². The molecule has 0 heterocycles. The van der Waals surface area contributed by atoms with Crippen LogP contribution >= 0.6 is 0 Å². The number of carbonyl (C=O) groups excluding carboxylic acids is 1. The van der Waals surface area contributed by atoms with Crippen LogP contribution < -0.4 is 5.32 Å². The van der Waals surface area contributed by atoms with Crippen molar-refractivity contribution in [2.24, 2.45) is 4.99 Å². The number of hydrogen-bond donors (Lipinski definition) is 1. The van der Waals surface area contributed by atoms with E-state index in [1.54, 1.807) is 0 Å². The van der Waals surface area contributed by atoms with E-state index < -0.39 is 6.09 Å². The van der Waals surface area contributed by atoms with Crippen molar-refractivity contribution in [1.29, 1.82) is 0 Å². The molecule has 0 saturated carbocycles. The van der Waals surface area contributed by atoms with E-state index in [0.717, 1.165) is 6.11 Å². The second kappa shape index (κ2) is 10.8. The molecule has 0 radical (unpaired) electrons. The van der Waals surface area contributed by atoms with Gasteiger partial charge in [-0.15, -0.1) is 0 Å². The number of ether oxygens (including phenoxy) is 2. The summed E-state index contributed by atoms with van der Waals surface area (Å²) in [6.07, 6.45) is 0.637. The standard InChI is InChI=1S/C8H15BN2O4/c1-2-14-5-6-15-8(12)11-4-3-10-7-9-13/h7H,2-6H2,1H3,(H,11,12). The van der Waals surface area contributed by atoms with E-state index in [9.17, 15) is 9.50 Å². The van der Waals surface area contributed by atoms with Crippen LogP contribution in [0.5, 0.6) is 0 Å². The Labute approximate surface area is 89.3 Å². The third-order valence-corrected chi connectivity index (χ3v) is 1.34. The first-order chi connectivity index (χ1) is 7.31. The van der Waals surface area contributed by atoms with Crippen LogP contribution in [-0.2, 0) is 14.2 Å². The van der Waals surface area contributed by atoms with Gasteiger partial charge in [0.2, 0.25) is 0 Å². The van der Waals surface area contributed by atoms with Gasteiger partial charge in [-0.3, -0.25) is 0 Å². The van der Waals surface area contributed by atoms with Gasteiger partial charge < -0.3 is 0 Å². The van der Waals surface area contributed by atoms with Crippen molar-refractivity contribution < 1.29 is 19.0 Å². The summed E-state index contributed by atoms with van der Waals surface area (Å²) < 4.78 is 19.6. The summed E-state index contributed by atoms with van der Waals surface area (Å²) in [6.45, 7) is 3.80. The van der Waals surface area contributed by atoms with E-state index in [4.69, 9.17) is 9.47 Å². The minimum absolute atomic E-state index is 0.233. The molecule has 0 aromatic carbocycles. The van der Waals surface area contributed by atoms with Crippen molar-refractivity contribution in [3.63, 3.8) is 0 Å². The molecule has 0 fully saturated rings. The minimum atomic E-state index is -0.504. The molecule has 0 spiro atoms. The second-order valence-corrected chi connectivity index (χ2v) is 2.45. The predicted octanol–water partition coefficient (Wildman–Crippen LogP) is -0.173. The molecule has 0 aliphatic carbocycles. The van der Waals surface area contributed by atoms with Gasteiger partial charge in [0.15, 0.2) is 0 Å². The van der Waals surface area contributed by atoms with Crippen molar-refractivity contribution in [2.75, 3.05) is 32.9 Å². The summed E-state index contributed by atoms with van der Waals surface area (Å²) in [5.74, 6) is 0. The molecule has 1 N–H and O–H groups in total. The number of rotatable bonds is 8. The second-order valence-electron chi connectivity index (χ2n) is 2.45. The first kappa shape index (κ1) is 13.8. The van der Waals surface area contributed by atoms with E-state index >= 15 is 0 Å². The zero-order chi connectivity index (χ0) is 11.4. The average Bonchev–Trinajstić information content (AvgIpc) is 2.24. The number of carbonyl (C=O) groups is 1. The number of nitrogens with one attached hydrogen (secondary N) is 1. The molecular formula is C8H15BN2O4. The SMILES string of the molecule is CCOCCOC(=O)NCCN=CB=O. The summed E-state index contributed by atoms with van der Waals surface area (Å²) >= 11 is 0.